The summed E-state index contributed by atoms with van der Waals surface area (Å²) in [5.74, 6) is -0.832. The number of hydrogen-bond acceptors (Lipinski definition) is 5. The molecule has 0 spiro atoms. The number of methoxy groups -OCH3 is 1. The van der Waals surface area contributed by atoms with Crippen molar-refractivity contribution in [1.82, 2.24) is 10.2 Å². The molecule has 1 heterocycles. The summed E-state index contributed by atoms with van der Waals surface area (Å²) in [5, 5.41) is 12.6. The first-order valence-corrected chi connectivity index (χ1v) is 7.65. The summed E-state index contributed by atoms with van der Waals surface area (Å²) < 4.78 is 5.49. The maximum Gasteiger partial charge on any atom is 0.265 e. The first-order chi connectivity index (χ1) is 10.9. The summed E-state index contributed by atoms with van der Waals surface area (Å²) in [7, 11) is 1.47. The van der Waals surface area contributed by atoms with E-state index in [0.717, 1.165) is 0 Å². The summed E-state index contributed by atoms with van der Waals surface area (Å²) in [6, 6.07) is 3.08. The molecule has 0 atom stereocenters. The number of phenols is 1. The van der Waals surface area contributed by atoms with E-state index in [-0.39, 0.29) is 28.5 Å². The van der Waals surface area contributed by atoms with Crippen LogP contribution in [0.25, 0.3) is 6.08 Å². The van der Waals surface area contributed by atoms with Crippen molar-refractivity contribution in [1.29, 1.82) is 0 Å². The second-order valence-corrected chi connectivity index (χ2v) is 5.81. The molecule has 8 heteroatoms. The predicted molar refractivity (Wildman–Crippen MR) is 93.0 cm³/mol. The third-order valence-electron chi connectivity index (χ3n) is 3.10. The molecule has 1 aromatic rings. The Morgan fingerprint density at radius 1 is 1.48 bits per heavy atom. The number of hydrogen-bond donors (Lipinski definition) is 2. The number of carbonyl (C=O) groups is 2. The lowest BCUT2D eigenvalue weighted by molar-refractivity contribution is -0.128. The number of thiocarbonyl (C=S) groups is 1. The molecule has 1 saturated heterocycles. The molecule has 0 radical (unpaired) electrons. The van der Waals surface area contributed by atoms with Gasteiger partial charge in [-0.1, -0.05) is 6.08 Å². The van der Waals surface area contributed by atoms with E-state index in [1.54, 1.807) is 6.07 Å². The van der Waals surface area contributed by atoms with Crippen molar-refractivity contribution < 1.29 is 19.4 Å². The minimum Gasteiger partial charge on any atom is -0.506 e. The number of aromatic hydroxyl groups is 1. The highest BCUT2D eigenvalue weighted by atomic mass is 79.9. The largest absolute Gasteiger partial charge is 0.506 e. The first kappa shape index (κ1) is 17.2. The average Bonchev–Trinajstić information content (AvgIpc) is 2.51. The van der Waals surface area contributed by atoms with Crippen LogP contribution in [0.5, 0.6) is 11.5 Å². The molecular weight excluding hydrogens is 384 g/mol. The Labute approximate surface area is 146 Å². The summed E-state index contributed by atoms with van der Waals surface area (Å²) in [4.78, 5) is 25.7. The maximum absolute atomic E-state index is 12.4. The molecule has 0 bridgehead atoms. The van der Waals surface area contributed by atoms with Crippen molar-refractivity contribution in [3.8, 4) is 11.5 Å². The fourth-order valence-corrected chi connectivity index (χ4v) is 2.67. The molecule has 0 aliphatic carbocycles. The molecule has 2 amide bonds. The van der Waals surface area contributed by atoms with Gasteiger partial charge in [0.25, 0.3) is 11.8 Å². The Kier molecular flexibility index (Phi) is 5.17. The molecule has 120 valence electrons. The quantitative estimate of drug-likeness (QED) is 0.352. The van der Waals surface area contributed by atoms with Crippen molar-refractivity contribution in [2.24, 2.45) is 0 Å². The van der Waals surface area contributed by atoms with Crippen molar-refractivity contribution in [2.75, 3.05) is 13.7 Å². The summed E-state index contributed by atoms with van der Waals surface area (Å²) in [5.41, 5.74) is 0.122. The summed E-state index contributed by atoms with van der Waals surface area (Å²) in [6.45, 7) is 3.72. The van der Waals surface area contributed by atoms with Crippen LogP contribution in [0.4, 0.5) is 0 Å². The number of nitrogens with zero attached hydrogens (tertiary/aromatic N) is 1. The van der Waals surface area contributed by atoms with Crippen molar-refractivity contribution in [3.05, 3.63) is 40.4 Å². The third-order valence-corrected chi connectivity index (χ3v) is 4.03. The van der Waals surface area contributed by atoms with Gasteiger partial charge in [-0.25, -0.2) is 0 Å². The van der Waals surface area contributed by atoms with Crippen molar-refractivity contribution >= 4 is 51.2 Å². The average molecular weight is 397 g/mol. The SMILES string of the molecule is C=CCN1C(=O)C(=Cc2cc(OC)cc(Br)c2O)C(=O)NC1=S. The van der Waals surface area contributed by atoms with E-state index in [1.165, 1.54) is 30.2 Å². The lowest BCUT2D eigenvalue weighted by Gasteiger charge is -2.27. The van der Waals surface area contributed by atoms with Crippen LogP contribution in [0.1, 0.15) is 5.56 Å². The lowest BCUT2D eigenvalue weighted by atomic mass is 10.1. The highest BCUT2D eigenvalue weighted by Crippen LogP contribution is 2.34. The summed E-state index contributed by atoms with van der Waals surface area (Å²) >= 11 is 8.16. The zero-order valence-electron chi connectivity index (χ0n) is 12.1. The Morgan fingerprint density at radius 2 is 2.17 bits per heavy atom. The van der Waals surface area contributed by atoms with Gasteiger partial charge in [0.2, 0.25) is 0 Å². The number of amides is 2. The minimum atomic E-state index is -0.626. The molecule has 0 saturated carbocycles. The van der Waals surface area contributed by atoms with Crippen LogP contribution in [0.3, 0.4) is 0 Å². The lowest BCUT2D eigenvalue weighted by Crippen LogP contribution is -2.53. The van der Waals surface area contributed by atoms with E-state index in [4.69, 9.17) is 17.0 Å². The van der Waals surface area contributed by atoms with Gasteiger partial charge < -0.3 is 9.84 Å². The molecular formula is C15H13BrN2O4S. The maximum atomic E-state index is 12.4. The fourth-order valence-electron chi connectivity index (χ4n) is 1.97. The van der Waals surface area contributed by atoms with Gasteiger partial charge in [0.1, 0.15) is 17.1 Å². The molecule has 1 aliphatic rings. The zero-order valence-corrected chi connectivity index (χ0v) is 14.5. The second-order valence-electron chi connectivity index (χ2n) is 4.57. The van der Waals surface area contributed by atoms with Gasteiger partial charge in [-0.3, -0.25) is 19.8 Å². The van der Waals surface area contributed by atoms with Crippen LogP contribution in [0, 0.1) is 0 Å². The Bertz CT molecular complexity index is 745. The van der Waals surface area contributed by atoms with Gasteiger partial charge >= 0.3 is 0 Å². The number of nitrogens with one attached hydrogen (secondary N) is 1. The predicted octanol–water partition coefficient (Wildman–Crippen LogP) is 1.98. The Balaban J connectivity index is 2.51. The van der Waals surface area contributed by atoms with Crippen LogP contribution in [-0.4, -0.2) is 40.6 Å². The number of ether oxygens (including phenoxy) is 1. The van der Waals surface area contributed by atoms with E-state index in [1.807, 2.05) is 0 Å². The van der Waals surface area contributed by atoms with E-state index in [9.17, 15) is 14.7 Å². The molecule has 2 N–H and O–H groups in total. The Hall–Kier alpha value is -2.19. The number of halogens is 1. The number of phenolic OH excluding ortho intramolecular Hbond substituents is 1. The van der Waals surface area contributed by atoms with Gasteiger partial charge in [-0.05, 0) is 46.4 Å². The number of benzene rings is 1. The topological polar surface area (TPSA) is 78.9 Å². The molecule has 6 nitrogen and oxygen atoms in total. The molecule has 23 heavy (non-hydrogen) atoms. The highest BCUT2D eigenvalue weighted by molar-refractivity contribution is 9.10. The van der Waals surface area contributed by atoms with E-state index in [0.29, 0.717) is 10.2 Å². The number of rotatable bonds is 4. The number of carbonyl (C=O) groups excluding carboxylic acids is 2. The van der Waals surface area contributed by atoms with Crippen molar-refractivity contribution in [3.63, 3.8) is 0 Å². The van der Waals surface area contributed by atoms with Crippen LogP contribution in [0.15, 0.2) is 34.8 Å². The zero-order chi connectivity index (χ0) is 17.1. The molecule has 0 aromatic heterocycles. The van der Waals surface area contributed by atoms with E-state index in [2.05, 4.69) is 27.8 Å². The second kappa shape index (κ2) is 6.93. The summed E-state index contributed by atoms with van der Waals surface area (Å²) in [6.07, 6.45) is 2.79. The van der Waals surface area contributed by atoms with Crippen LogP contribution >= 0.6 is 28.1 Å². The van der Waals surface area contributed by atoms with Crippen LogP contribution < -0.4 is 10.1 Å². The van der Waals surface area contributed by atoms with Gasteiger partial charge in [-0.15, -0.1) is 6.58 Å². The highest BCUT2D eigenvalue weighted by Gasteiger charge is 2.32. The molecule has 0 unspecified atom stereocenters. The normalized spacial score (nSPS) is 16.5. The van der Waals surface area contributed by atoms with E-state index < -0.39 is 11.8 Å². The fraction of sp³-hybridized carbons (Fsp3) is 0.133. The minimum absolute atomic E-state index is 0.0214. The molecule has 1 fully saturated rings. The monoisotopic (exact) mass is 396 g/mol. The van der Waals surface area contributed by atoms with Crippen LogP contribution in [0.2, 0.25) is 0 Å². The van der Waals surface area contributed by atoms with Gasteiger partial charge in [0.05, 0.1) is 11.6 Å². The molecule has 1 aliphatic heterocycles. The standard InChI is InChI=1S/C15H13BrN2O4S/c1-3-4-18-14(21)10(13(20)17-15(18)23)6-8-5-9(22-2)7-11(16)12(8)19/h3,5-7,19H,1,4H2,2H3,(H,17,20,23). The first-order valence-electron chi connectivity index (χ1n) is 6.45. The molecule has 1 aromatic carbocycles. The van der Waals surface area contributed by atoms with Crippen molar-refractivity contribution in [2.45, 2.75) is 0 Å². The van der Waals surface area contributed by atoms with Gasteiger partial charge in [0.15, 0.2) is 5.11 Å². The van der Waals surface area contributed by atoms with Gasteiger partial charge in [-0.2, -0.15) is 0 Å². The third kappa shape index (κ3) is 3.43. The van der Waals surface area contributed by atoms with E-state index >= 15 is 0 Å². The smallest absolute Gasteiger partial charge is 0.265 e. The molecule has 2 rings (SSSR count). The van der Waals surface area contributed by atoms with Crippen LogP contribution in [-0.2, 0) is 9.59 Å². The van der Waals surface area contributed by atoms with Gasteiger partial charge in [0, 0.05) is 12.1 Å². The Morgan fingerprint density at radius 3 is 2.78 bits per heavy atom.